The number of rotatable bonds is 5. The molecule has 2 atom stereocenters. The van der Waals surface area contributed by atoms with Crippen LogP contribution in [0.2, 0.25) is 0 Å². The first kappa shape index (κ1) is 17.0. The highest BCUT2D eigenvalue weighted by Crippen LogP contribution is 2.33. The Morgan fingerprint density at radius 3 is 2.71 bits per heavy atom. The summed E-state index contributed by atoms with van der Waals surface area (Å²) < 4.78 is 1.95. The maximum atomic E-state index is 10.5. The maximum Gasteiger partial charge on any atom is 0.130 e. The molecule has 1 aromatic heterocycles. The fraction of sp³-hybridized carbons (Fsp3) is 0.526. The molecule has 0 saturated carbocycles. The van der Waals surface area contributed by atoms with Crippen LogP contribution in [0.5, 0.6) is 0 Å². The lowest BCUT2D eigenvalue weighted by Gasteiger charge is -2.21. The van der Waals surface area contributed by atoms with Gasteiger partial charge in [0, 0.05) is 39.7 Å². The van der Waals surface area contributed by atoms with Crippen molar-refractivity contribution < 1.29 is 5.11 Å². The average Bonchev–Trinajstić information content (AvgIpc) is 3.01. The van der Waals surface area contributed by atoms with Gasteiger partial charge in [0.15, 0.2) is 0 Å². The predicted molar refractivity (Wildman–Crippen MR) is 97.4 cm³/mol. The van der Waals surface area contributed by atoms with Gasteiger partial charge in [-0.05, 0) is 17.0 Å². The summed E-state index contributed by atoms with van der Waals surface area (Å²) >= 11 is 0. The van der Waals surface area contributed by atoms with Gasteiger partial charge in [0.2, 0.25) is 0 Å². The highest BCUT2D eigenvalue weighted by molar-refractivity contribution is 5.50. The summed E-state index contributed by atoms with van der Waals surface area (Å²) in [6.45, 7) is 5.04. The molecule has 5 nitrogen and oxygen atoms in total. The second-order valence-corrected chi connectivity index (χ2v) is 7.19. The number of aryl methyl sites for hydroxylation is 1. The fourth-order valence-electron chi connectivity index (χ4n) is 3.80. The van der Waals surface area contributed by atoms with Crippen molar-refractivity contribution in [1.82, 2.24) is 15.1 Å². The van der Waals surface area contributed by atoms with Crippen molar-refractivity contribution in [3.63, 3.8) is 0 Å². The number of hydrogen-bond acceptors (Lipinski definition) is 4. The van der Waals surface area contributed by atoms with Gasteiger partial charge in [-0.25, -0.2) is 0 Å². The molecule has 0 bridgehead atoms. The topological polar surface area (TPSA) is 53.3 Å². The van der Waals surface area contributed by atoms with E-state index in [0.717, 1.165) is 17.9 Å². The van der Waals surface area contributed by atoms with Crippen molar-refractivity contribution in [3.8, 4) is 0 Å². The number of nitrogens with one attached hydrogen (secondary N) is 1. The molecule has 1 heterocycles. The van der Waals surface area contributed by atoms with Gasteiger partial charge in [0.25, 0.3) is 0 Å². The van der Waals surface area contributed by atoms with E-state index in [9.17, 15) is 5.11 Å². The number of hydrogen-bond donors (Lipinski definition) is 2. The molecule has 1 aliphatic rings. The average molecular weight is 328 g/mol. The number of aliphatic hydroxyl groups excluding tert-OH is 1. The van der Waals surface area contributed by atoms with Gasteiger partial charge >= 0.3 is 0 Å². The third-order valence-electron chi connectivity index (χ3n) is 4.82. The minimum absolute atomic E-state index is 0.0172. The number of benzene rings is 1. The van der Waals surface area contributed by atoms with Gasteiger partial charge in [0.05, 0.1) is 17.8 Å². The summed E-state index contributed by atoms with van der Waals surface area (Å²) in [5, 5.41) is 18.7. The Labute approximate surface area is 144 Å². The molecule has 24 heavy (non-hydrogen) atoms. The Morgan fingerprint density at radius 2 is 2.04 bits per heavy atom. The van der Waals surface area contributed by atoms with Gasteiger partial charge in [-0.15, -0.1) is 0 Å². The van der Waals surface area contributed by atoms with Crippen LogP contribution in [0, 0.1) is 0 Å². The van der Waals surface area contributed by atoms with Crippen LogP contribution in [0.4, 0.5) is 5.82 Å². The lowest BCUT2D eigenvalue weighted by atomic mass is 10.0. The predicted octanol–water partition coefficient (Wildman–Crippen LogP) is 2.36. The Hall–Kier alpha value is -1.85. The van der Waals surface area contributed by atoms with Crippen LogP contribution in [-0.2, 0) is 20.0 Å². The highest BCUT2D eigenvalue weighted by atomic mass is 16.3. The lowest BCUT2D eigenvalue weighted by Crippen LogP contribution is -2.29. The van der Waals surface area contributed by atoms with Crippen LogP contribution in [0.15, 0.2) is 24.3 Å². The van der Waals surface area contributed by atoms with E-state index in [2.05, 4.69) is 36.2 Å². The highest BCUT2D eigenvalue weighted by Gasteiger charge is 2.31. The van der Waals surface area contributed by atoms with Crippen LogP contribution in [-0.4, -0.2) is 35.1 Å². The second-order valence-electron chi connectivity index (χ2n) is 7.19. The van der Waals surface area contributed by atoms with E-state index in [4.69, 9.17) is 5.10 Å². The van der Waals surface area contributed by atoms with E-state index >= 15 is 0 Å². The summed E-state index contributed by atoms with van der Waals surface area (Å²) in [5.74, 6) is 1.48. The van der Waals surface area contributed by atoms with Crippen LogP contribution in [0.1, 0.15) is 48.2 Å². The standard InChI is InChI=1S/C19H28N4O/c1-12(2)17-15(19(22(3)4)23(5)21-17)11-20-18-14-9-7-6-8-13(14)10-16(18)24/h6-9,12,16,18,20,24H,10-11H2,1-5H3/t16-,18+/m1/s1. The lowest BCUT2D eigenvalue weighted by molar-refractivity contribution is 0.140. The normalized spacial score (nSPS) is 19.8. The van der Waals surface area contributed by atoms with Gasteiger partial charge < -0.3 is 15.3 Å². The summed E-state index contributed by atoms with van der Waals surface area (Å²) in [5.41, 5.74) is 4.79. The van der Waals surface area contributed by atoms with Crippen molar-refractivity contribution in [1.29, 1.82) is 0 Å². The molecule has 130 valence electrons. The molecular weight excluding hydrogens is 300 g/mol. The van der Waals surface area contributed by atoms with Gasteiger partial charge in [-0.1, -0.05) is 38.1 Å². The first-order valence-corrected chi connectivity index (χ1v) is 8.62. The molecule has 0 radical (unpaired) electrons. The molecule has 3 rings (SSSR count). The SMILES string of the molecule is CC(C)c1nn(C)c(N(C)C)c1CN[C@H]1c2ccccc2C[C@H]1O. The number of aliphatic hydroxyl groups is 1. The monoisotopic (exact) mass is 328 g/mol. The van der Waals surface area contributed by atoms with Crippen molar-refractivity contribution in [2.24, 2.45) is 7.05 Å². The van der Waals surface area contributed by atoms with Crippen molar-refractivity contribution in [3.05, 3.63) is 46.6 Å². The third kappa shape index (κ3) is 2.94. The summed E-state index contributed by atoms with van der Waals surface area (Å²) in [4.78, 5) is 2.11. The van der Waals surface area contributed by atoms with Gasteiger partial charge in [-0.3, -0.25) is 4.68 Å². The minimum Gasteiger partial charge on any atom is -0.391 e. The van der Waals surface area contributed by atoms with Crippen LogP contribution in [0.25, 0.3) is 0 Å². The van der Waals surface area contributed by atoms with E-state index < -0.39 is 0 Å². The fourth-order valence-corrected chi connectivity index (χ4v) is 3.80. The third-order valence-corrected chi connectivity index (χ3v) is 4.82. The van der Waals surface area contributed by atoms with E-state index in [1.54, 1.807) is 0 Å². The van der Waals surface area contributed by atoms with Gasteiger partial charge in [0.1, 0.15) is 5.82 Å². The van der Waals surface area contributed by atoms with Crippen LogP contribution < -0.4 is 10.2 Å². The number of aromatic nitrogens is 2. The summed E-state index contributed by atoms with van der Waals surface area (Å²) in [6, 6.07) is 8.28. The molecule has 0 unspecified atom stereocenters. The molecule has 2 aromatic rings. The van der Waals surface area contributed by atoms with Gasteiger partial charge in [-0.2, -0.15) is 5.10 Å². The van der Waals surface area contributed by atoms with Crippen LogP contribution in [0.3, 0.4) is 0 Å². The molecule has 1 aliphatic carbocycles. The Balaban J connectivity index is 1.87. The van der Waals surface area contributed by atoms with E-state index in [1.165, 1.54) is 16.7 Å². The number of fused-ring (bicyclic) bond motifs is 1. The molecule has 5 heteroatoms. The molecule has 0 amide bonds. The quantitative estimate of drug-likeness (QED) is 0.885. The number of anilines is 1. The van der Waals surface area contributed by atoms with Crippen molar-refractivity contribution in [2.45, 2.75) is 44.9 Å². The van der Waals surface area contributed by atoms with Crippen LogP contribution >= 0.6 is 0 Å². The Morgan fingerprint density at radius 1 is 1.33 bits per heavy atom. The molecule has 0 saturated heterocycles. The first-order chi connectivity index (χ1) is 11.4. The zero-order chi connectivity index (χ0) is 17.4. The first-order valence-electron chi connectivity index (χ1n) is 8.62. The smallest absolute Gasteiger partial charge is 0.130 e. The molecule has 0 fully saturated rings. The second kappa shape index (κ2) is 6.57. The Kier molecular flexibility index (Phi) is 4.65. The van der Waals surface area contributed by atoms with E-state index in [-0.39, 0.29) is 12.1 Å². The van der Waals surface area contributed by atoms with Crippen molar-refractivity contribution >= 4 is 5.82 Å². The number of nitrogens with zero attached hydrogens (tertiary/aromatic N) is 3. The zero-order valence-corrected chi connectivity index (χ0v) is 15.2. The Bertz CT molecular complexity index is 720. The minimum atomic E-state index is -0.371. The molecule has 2 N–H and O–H groups in total. The van der Waals surface area contributed by atoms with E-state index in [0.29, 0.717) is 12.5 Å². The van der Waals surface area contributed by atoms with Crippen molar-refractivity contribution in [2.75, 3.05) is 19.0 Å². The molecular formula is C19H28N4O. The molecule has 0 aliphatic heterocycles. The van der Waals surface area contributed by atoms with E-state index in [1.807, 2.05) is 38.0 Å². The zero-order valence-electron chi connectivity index (χ0n) is 15.2. The summed E-state index contributed by atoms with van der Waals surface area (Å²) in [7, 11) is 6.08. The molecule has 1 aromatic carbocycles. The largest absolute Gasteiger partial charge is 0.391 e. The maximum absolute atomic E-state index is 10.5. The summed E-state index contributed by atoms with van der Waals surface area (Å²) in [6.07, 6.45) is 0.350. The molecule has 0 spiro atoms.